The first kappa shape index (κ1) is 11.9. The first-order valence-corrected chi connectivity index (χ1v) is 5.93. The predicted octanol–water partition coefficient (Wildman–Crippen LogP) is 2.55. The molecule has 0 bridgehead atoms. The summed E-state index contributed by atoms with van der Waals surface area (Å²) in [6, 6.07) is 9.71. The van der Waals surface area contributed by atoms with Crippen molar-refractivity contribution in [3.8, 4) is 11.3 Å². The monoisotopic (exact) mass is 292 g/mol. The van der Waals surface area contributed by atoms with Crippen LogP contribution >= 0.6 is 15.9 Å². The SMILES string of the molecule is CN(C)c1nc(N)cc(-c2ccc(Br)cc2)n1. The van der Waals surface area contributed by atoms with E-state index in [1.807, 2.05) is 43.3 Å². The molecule has 0 amide bonds. The van der Waals surface area contributed by atoms with Gasteiger partial charge in [0.25, 0.3) is 0 Å². The zero-order valence-corrected chi connectivity index (χ0v) is 11.3. The maximum Gasteiger partial charge on any atom is 0.227 e. The number of hydrogen-bond donors (Lipinski definition) is 1. The van der Waals surface area contributed by atoms with Crippen LogP contribution in [0, 0.1) is 0 Å². The normalized spacial score (nSPS) is 10.3. The van der Waals surface area contributed by atoms with Crippen LogP contribution < -0.4 is 10.6 Å². The van der Waals surface area contributed by atoms with Crippen molar-refractivity contribution >= 4 is 27.7 Å². The summed E-state index contributed by atoms with van der Waals surface area (Å²) >= 11 is 3.40. The molecule has 0 saturated carbocycles. The minimum absolute atomic E-state index is 0.474. The fraction of sp³-hybridized carbons (Fsp3) is 0.167. The lowest BCUT2D eigenvalue weighted by atomic mass is 10.1. The highest BCUT2D eigenvalue weighted by Gasteiger charge is 2.06. The van der Waals surface area contributed by atoms with Gasteiger partial charge in [0.05, 0.1) is 5.69 Å². The van der Waals surface area contributed by atoms with E-state index in [0.717, 1.165) is 15.7 Å². The summed E-state index contributed by atoms with van der Waals surface area (Å²) < 4.78 is 1.04. The van der Waals surface area contributed by atoms with E-state index >= 15 is 0 Å². The largest absolute Gasteiger partial charge is 0.384 e. The molecule has 2 rings (SSSR count). The third-order valence-electron chi connectivity index (χ3n) is 2.27. The second-order valence-electron chi connectivity index (χ2n) is 3.88. The van der Waals surface area contributed by atoms with Crippen molar-refractivity contribution in [3.63, 3.8) is 0 Å². The predicted molar refractivity (Wildman–Crippen MR) is 73.9 cm³/mol. The highest BCUT2D eigenvalue weighted by Crippen LogP contribution is 2.22. The summed E-state index contributed by atoms with van der Waals surface area (Å²) in [5.41, 5.74) is 7.62. The van der Waals surface area contributed by atoms with Gasteiger partial charge in [-0.1, -0.05) is 28.1 Å². The van der Waals surface area contributed by atoms with Crippen molar-refractivity contribution in [1.82, 2.24) is 9.97 Å². The van der Waals surface area contributed by atoms with Gasteiger partial charge in [-0.25, -0.2) is 4.98 Å². The molecule has 1 aromatic carbocycles. The van der Waals surface area contributed by atoms with E-state index < -0.39 is 0 Å². The topological polar surface area (TPSA) is 55.0 Å². The summed E-state index contributed by atoms with van der Waals surface area (Å²) in [4.78, 5) is 10.4. The van der Waals surface area contributed by atoms with Crippen molar-refractivity contribution in [3.05, 3.63) is 34.8 Å². The van der Waals surface area contributed by atoms with Gasteiger partial charge in [-0.15, -0.1) is 0 Å². The molecule has 5 heteroatoms. The Kier molecular flexibility index (Phi) is 3.28. The van der Waals surface area contributed by atoms with Gasteiger partial charge in [-0.2, -0.15) is 4.98 Å². The average molecular weight is 293 g/mol. The number of halogens is 1. The van der Waals surface area contributed by atoms with Crippen molar-refractivity contribution < 1.29 is 0 Å². The van der Waals surface area contributed by atoms with Gasteiger partial charge in [0.2, 0.25) is 5.95 Å². The molecule has 1 heterocycles. The first-order chi connectivity index (χ1) is 8.06. The smallest absolute Gasteiger partial charge is 0.227 e. The second kappa shape index (κ2) is 4.71. The van der Waals surface area contributed by atoms with E-state index in [9.17, 15) is 0 Å². The molecule has 0 atom stereocenters. The van der Waals surface area contributed by atoms with Crippen LogP contribution in [-0.2, 0) is 0 Å². The van der Waals surface area contributed by atoms with Gasteiger partial charge in [0.1, 0.15) is 5.82 Å². The summed E-state index contributed by atoms with van der Waals surface area (Å²) in [6.07, 6.45) is 0. The Bertz CT molecular complexity index is 523. The number of nitrogens with zero attached hydrogens (tertiary/aromatic N) is 3. The first-order valence-electron chi connectivity index (χ1n) is 5.14. The minimum Gasteiger partial charge on any atom is -0.384 e. The van der Waals surface area contributed by atoms with Gasteiger partial charge in [0, 0.05) is 30.2 Å². The van der Waals surface area contributed by atoms with Crippen molar-refractivity contribution in [1.29, 1.82) is 0 Å². The molecular formula is C12H13BrN4. The molecule has 88 valence electrons. The zero-order chi connectivity index (χ0) is 12.4. The van der Waals surface area contributed by atoms with Crippen molar-refractivity contribution in [2.75, 3.05) is 24.7 Å². The van der Waals surface area contributed by atoms with Crippen LogP contribution in [0.2, 0.25) is 0 Å². The molecule has 0 spiro atoms. The van der Waals surface area contributed by atoms with E-state index in [1.165, 1.54) is 0 Å². The number of nitrogens with two attached hydrogens (primary N) is 1. The maximum absolute atomic E-state index is 5.78. The summed E-state index contributed by atoms with van der Waals surface area (Å²) in [5, 5.41) is 0. The Morgan fingerprint density at radius 1 is 1.12 bits per heavy atom. The van der Waals surface area contributed by atoms with Crippen LogP contribution in [0.3, 0.4) is 0 Å². The number of nitrogen functional groups attached to an aromatic ring is 1. The van der Waals surface area contributed by atoms with Crippen molar-refractivity contribution in [2.24, 2.45) is 0 Å². The average Bonchev–Trinajstić information content (AvgIpc) is 2.29. The minimum atomic E-state index is 0.474. The van der Waals surface area contributed by atoms with Crippen LogP contribution in [0.4, 0.5) is 11.8 Å². The highest BCUT2D eigenvalue weighted by molar-refractivity contribution is 9.10. The van der Waals surface area contributed by atoms with E-state index in [-0.39, 0.29) is 0 Å². The Balaban J connectivity index is 2.48. The molecule has 2 aromatic rings. The third-order valence-corrected chi connectivity index (χ3v) is 2.80. The number of rotatable bonds is 2. The maximum atomic E-state index is 5.78. The Morgan fingerprint density at radius 2 is 1.76 bits per heavy atom. The van der Waals surface area contributed by atoms with Crippen LogP contribution in [-0.4, -0.2) is 24.1 Å². The molecule has 0 aliphatic heterocycles. The molecule has 0 aliphatic carbocycles. The highest BCUT2D eigenvalue weighted by atomic mass is 79.9. The summed E-state index contributed by atoms with van der Waals surface area (Å²) in [5.74, 6) is 1.09. The molecule has 0 unspecified atom stereocenters. The van der Waals surface area contributed by atoms with Gasteiger partial charge in [0.15, 0.2) is 0 Å². The molecule has 0 saturated heterocycles. The lowest BCUT2D eigenvalue weighted by Gasteiger charge is -2.12. The Hall–Kier alpha value is -1.62. The quantitative estimate of drug-likeness (QED) is 0.924. The Morgan fingerprint density at radius 3 is 2.35 bits per heavy atom. The second-order valence-corrected chi connectivity index (χ2v) is 4.80. The van der Waals surface area contributed by atoms with E-state index in [4.69, 9.17) is 5.73 Å². The standard InChI is InChI=1S/C12H13BrN4/c1-17(2)12-15-10(7-11(14)16-12)8-3-5-9(13)6-4-8/h3-7H,1-2H3,(H2,14,15,16). The molecule has 1 aromatic heterocycles. The zero-order valence-electron chi connectivity index (χ0n) is 9.68. The van der Waals surface area contributed by atoms with Crippen LogP contribution in [0.5, 0.6) is 0 Å². The Labute approximate surface area is 109 Å². The lowest BCUT2D eigenvalue weighted by molar-refractivity contribution is 1.01. The molecular weight excluding hydrogens is 280 g/mol. The number of hydrogen-bond acceptors (Lipinski definition) is 4. The summed E-state index contributed by atoms with van der Waals surface area (Å²) in [6.45, 7) is 0. The van der Waals surface area contributed by atoms with Gasteiger partial charge >= 0.3 is 0 Å². The van der Waals surface area contributed by atoms with Gasteiger partial charge in [-0.05, 0) is 12.1 Å². The number of anilines is 2. The third kappa shape index (κ3) is 2.74. The van der Waals surface area contributed by atoms with Crippen molar-refractivity contribution in [2.45, 2.75) is 0 Å². The fourth-order valence-corrected chi connectivity index (χ4v) is 1.69. The van der Waals surface area contributed by atoms with E-state index in [0.29, 0.717) is 11.8 Å². The van der Waals surface area contributed by atoms with Gasteiger partial charge in [-0.3, -0.25) is 0 Å². The van der Waals surface area contributed by atoms with Gasteiger partial charge < -0.3 is 10.6 Å². The van der Waals surface area contributed by atoms with E-state index in [2.05, 4.69) is 25.9 Å². The molecule has 2 N–H and O–H groups in total. The van der Waals surface area contributed by atoms with Crippen LogP contribution in [0.25, 0.3) is 11.3 Å². The molecule has 17 heavy (non-hydrogen) atoms. The molecule has 0 fully saturated rings. The fourth-order valence-electron chi connectivity index (χ4n) is 1.42. The number of benzene rings is 1. The lowest BCUT2D eigenvalue weighted by Crippen LogP contribution is -2.13. The number of aromatic nitrogens is 2. The van der Waals surface area contributed by atoms with Crippen LogP contribution in [0.1, 0.15) is 0 Å². The van der Waals surface area contributed by atoms with Crippen LogP contribution in [0.15, 0.2) is 34.8 Å². The molecule has 4 nitrogen and oxygen atoms in total. The molecule has 0 radical (unpaired) electrons. The molecule has 0 aliphatic rings. The summed E-state index contributed by atoms with van der Waals surface area (Å²) in [7, 11) is 3.78. The van der Waals surface area contributed by atoms with E-state index in [1.54, 1.807) is 6.07 Å².